The van der Waals surface area contributed by atoms with E-state index in [0.29, 0.717) is 0 Å². The monoisotopic (exact) mass is 403 g/mol. The number of nitrogens with zero attached hydrogens (tertiary/aromatic N) is 3. The van der Waals surface area contributed by atoms with Crippen LogP contribution < -0.4 is 9.47 Å². The fourth-order valence-electron chi connectivity index (χ4n) is 4.18. The summed E-state index contributed by atoms with van der Waals surface area (Å²) in [5.41, 5.74) is 4.70. The number of hydrogen-bond acceptors (Lipinski definition) is 5. The molecule has 2 aromatic rings. The minimum atomic E-state index is 0.202. The number of benzene rings is 2. The van der Waals surface area contributed by atoms with E-state index in [1.165, 1.54) is 11.1 Å². The molecule has 5 heteroatoms. The van der Waals surface area contributed by atoms with Crippen molar-refractivity contribution in [3.05, 3.63) is 77.8 Å². The third-order valence-corrected chi connectivity index (χ3v) is 5.73. The van der Waals surface area contributed by atoms with Crippen LogP contribution in [0.1, 0.15) is 31.4 Å². The molecule has 2 aliphatic rings. The number of hydrogen-bond donors (Lipinski definition) is 0. The first-order valence-corrected chi connectivity index (χ1v) is 10.4. The highest BCUT2D eigenvalue weighted by Crippen LogP contribution is 2.41. The maximum atomic E-state index is 5.54. The van der Waals surface area contributed by atoms with Gasteiger partial charge in [0.2, 0.25) is 0 Å². The summed E-state index contributed by atoms with van der Waals surface area (Å²) in [6.07, 6.45) is 6.33. The number of aryl methyl sites for hydroxylation is 1. The molecule has 5 nitrogen and oxygen atoms in total. The predicted octanol–water partition coefficient (Wildman–Crippen LogP) is 4.91. The number of rotatable bonds is 7. The highest BCUT2D eigenvalue weighted by Gasteiger charge is 2.37. The molecule has 156 valence electrons. The molecule has 0 aliphatic carbocycles. The first-order chi connectivity index (χ1) is 14.6. The molecular formula is C25H29N3O2. The van der Waals surface area contributed by atoms with Gasteiger partial charge in [0.05, 0.1) is 20.3 Å². The molecule has 0 radical (unpaired) electrons. The molecule has 0 saturated carbocycles. The third kappa shape index (κ3) is 3.85. The van der Waals surface area contributed by atoms with Crippen molar-refractivity contribution in [2.75, 3.05) is 20.8 Å². The molecule has 0 fully saturated rings. The van der Waals surface area contributed by atoms with Crippen molar-refractivity contribution in [3.8, 4) is 11.5 Å². The quantitative estimate of drug-likeness (QED) is 0.658. The van der Waals surface area contributed by atoms with Crippen LogP contribution in [0.15, 0.2) is 71.6 Å². The van der Waals surface area contributed by atoms with E-state index in [2.05, 4.69) is 65.6 Å². The zero-order chi connectivity index (χ0) is 21.1. The zero-order valence-electron chi connectivity index (χ0n) is 18.1. The molecule has 1 atom stereocenters. The van der Waals surface area contributed by atoms with E-state index in [0.717, 1.165) is 48.0 Å². The van der Waals surface area contributed by atoms with E-state index < -0.39 is 0 Å². The number of hydrazine groups is 1. The van der Waals surface area contributed by atoms with E-state index in [-0.39, 0.29) is 6.04 Å². The lowest BCUT2D eigenvalue weighted by Crippen LogP contribution is -2.40. The van der Waals surface area contributed by atoms with E-state index >= 15 is 0 Å². The van der Waals surface area contributed by atoms with Gasteiger partial charge >= 0.3 is 0 Å². The number of methoxy groups -OCH3 is 2. The minimum absolute atomic E-state index is 0.202. The fraction of sp³-hybridized carbons (Fsp3) is 0.320. The van der Waals surface area contributed by atoms with Crippen molar-refractivity contribution in [2.24, 2.45) is 4.99 Å². The summed E-state index contributed by atoms with van der Waals surface area (Å²) in [7, 11) is 3.33. The summed E-state index contributed by atoms with van der Waals surface area (Å²) >= 11 is 0. The maximum Gasteiger partial charge on any atom is 0.161 e. The molecule has 2 heterocycles. The van der Waals surface area contributed by atoms with Gasteiger partial charge in [0, 0.05) is 24.0 Å². The van der Waals surface area contributed by atoms with E-state index in [1.807, 2.05) is 19.1 Å². The van der Waals surface area contributed by atoms with Crippen molar-refractivity contribution in [2.45, 2.75) is 32.7 Å². The lowest BCUT2D eigenvalue weighted by Gasteiger charge is -2.32. The van der Waals surface area contributed by atoms with Crippen molar-refractivity contribution in [1.82, 2.24) is 10.0 Å². The lowest BCUT2D eigenvalue weighted by molar-refractivity contribution is 0.0550. The summed E-state index contributed by atoms with van der Waals surface area (Å²) in [5, 5.41) is 4.60. The van der Waals surface area contributed by atoms with Crippen LogP contribution in [-0.2, 0) is 6.42 Å². The molecule has 2 aliphatic heterocycles. The van der Waals surface area contributed by atoms with E-state index in [9.17, 15) is 0 Å². The van der Waals surface area contributed by atoms with Gasteiger partial charge in [0.1, 0.15) is 0 Å². The van der Waals surface area contributed by atoms with Gasteiger partial charge in [-0.1, -0.05) is 36.4 Å². The summed E-state index contributed by atoms with van der Waals surface area (Å²) in [6.45, 7) is 5.24. The van der Waals surface area contributed by atoms with Crippen LogP contribution in [0, 0.1) is 0 Å². The molecule has 0 saturated heterocycles. The molecule has 0 bridgehead atoms. The van der Waals surface area contributed by atoms with Crippen molar-refractivity contribution in [1.29, 1.82) is 0 Å². The average molecular weight is 404 g/mol. The Morgan fingerprint density at radius 1 is 1.00 bits per heavy atom. The molecule has 30 heavy (non-hydrogen) atoms. The van der Waals surface area contributed by atoms with Gasteiger partial charge < -0.3 is 9.47 Å². The van der Waals surface area contributed by atoms with Crippen molar-refractivity contribution >= 4 is 11.3 Å². The van der Waals surface area contributed by atoms with Crippen LogP contribution >= 0.6 is 0 Å². The van der Waals surface area contributed by atoms with Gasteiger partial charge in [-0.25, -0.2) is 10.0 Å². The second-order valence-electron chi connectivity index (χ2n) is 7.65. The molecule has 4 rings (SSSR count). The standard InChI is InChI=1S/C25H29N3O2/c1-18-14-16-28-25(26-18)24(21-12-13-22(29-3)23(17-21)30-4)19(2)27(28)15-8-11-20-9-6-5-7-10-20/h5-7,9-10,12-14,16-17,19H,8,11,15H2,1-4H3. The number of aliphatic imine (C=N–C) groups is 1. The summed E-state index contributed by atoms with van der Waals surface area (Å²) in [4.78, 5) is 4.89. The Bertz CT molecular complexity index is 995. The molecule has 0 amide bonds. The Balaban J connectivity index is 1.61. The first kappa shape index (κ1) is 20.2. The normalized spacial score (nSPS) is 18.5. The molecule has 1 unspecified atom stereocenters. The molecule has 2 aromatic carbocycles. The van der Waals surface area contributed by atoms with Gasteiger partial charge in [0.15, 0.2) is 17.3 Å². The number of fused-ring (bicyclic) bond motifs is 1. The number of allylic oxidation sites excluding steroid dienone is 1. The highest BCUT2D eigenvalue weighted by atomic mass is 16.5. The average Bonchev–Trinajstić information content (AvgIpc) is 3.04. The summed E-state index contributed by atoms with van der Waals surface area (Å²) in [5.74, 6) is 2.46. The predicted molar refractivity (Wildman–Crippen MR) is 121 cm³/mol. The first-order valence-electron chi connectivity index (χ1n) is 10.4. The smallest absolute Gasteiger partial charge is 0.161 e. The van der Waals surface area contributed by atoms with Crippen LogP contribution in [0.25, 0.3) is 5.57 Å². The van der Waals surface area contributed by atoms with Crippen molar-refractivity contribution < 1.29 is 9.47 Å². The van der Waals surface area contributed by atoms with Gasteiger partial charge in [-0.05, 0) is 56.0 Å². The third-order valence-electron chi connectivity index (χ3n) is 5.73. The zero-order valence-corrected chi connectivity index (χ0v) is 18.1. The molecule has 0 N–H and O–H groups in total. The van der Waals surface area contributed by atoms with Crippen LogP contribution in [0.5, 0.6) is 11.5 Å². The van der Waals surface area contributed by atoms with Gasteiger partial charge in [-0.2, -0.15) is 0 Å². The molecule has 0 spiro atoms. The van der Waals surface area contributed by atoms with Crippen LogP contribution in [0.3, 0.4) is 0 Å². The van der Waals surface area contributed by atoms with Gasteiger partial charge in [-0.15, -0.1) is 0 Å². The Morgan fingerprint density at radius 2 is 1.77 bits per heavy atom. The Hall–Kier alpha value is -3.05. The van der Waals surface area contributed by atoms with Crippen LogP contribution in [0.2, 0.25) is 0 Å². The van der Waals surface area contributed by atoms with E-state index in [4.69, 9.17) is 14.5 Å². The van der Waals surface area contributed by atoms with Crippen molar-refractivity contribution in [3.63, 3.8) is 0 Å². The summed E-state index contributed by atoms with van der Waals surface area (Å²) in [6, 6.07) is 17.0. The Kier molecular flexibility index (Phi) is 5.91. The minimum Gasteiger partial charge on any atom is -0.493 e. The second-order valence-corrected chi connectivity index (χ2v) is 7.65. The number of ether oxygens (including phenoxy) is 2. The maximum absolute atomic E-state index is 5.54. The van der Waals surface area contributed by atoms with E-state index in [1.54, 1.807) is 14.2 Å². The Labute approximate surface area is 178 Å². The van der Waals surface area contributed by atoms with Crippen LogP contribution in [-0.4, -0.2) is 42.5 Å². The fourth-order valence-corrected chi connectivity index (χ4v) is 4.18. The van der Waals surface area contributed by atoms with Crippen LogP contribution in [0.4, 0.5) is 0 Å². The lowest BCUT2D eigenvalue weighted by atomic mass is 9.99. The molecular weight excluding hydrogens is 374 g/mol. The Morgan fingerprint density at radius 3 is 2.50 bits per heavy atom. The molecule has 0 aromatic heterocycles. The summed E-state index contributed by atoms with van der Waals surface area (Å²) < 4.78 is 11.0. The largest absolute Gasteiger partial charge is 0.493 e. The topological polar surface area (TPSA) is 37.3 Å². The van der Waals surface area contributed by atoms with Gasteiger partial charge in [0.25, 0.3) is 0 Å². The van der Waals surface area contributed by atoms with Gasteiger partial charge in [-0.3, -0.25) is 5.01 Å². The second kappa shape index (κ2) is 8.76. The highest BCUT2D eigenvalue weighted by molar-refractivity contribution is 5.95. The SMILES string of the molecule is COc1ccc(C2=C3N=C(C)C=CN3N(CCCc3ccccc3)C2C)cc1OC.